The number of carbonyl (C=O) groups is 3. The lowest BCUT2D eigenvalue weighted by Crippen LogP contribution is -2.44. The van der Waals surface area contributed by atoms with Crippen molar-refractivity contribution in [3.8, 4) is 0 Å². The minimum Gasteiger partial charge on any atom is -0.545 e. The molecule has 0 aromatic heterocycles. The van der Waals surface area contributed by atoms with Crippen molar-refractivity contribution in [2.45, 2.75) is 257 Å². The van der Waals surface area contributed by atoms with Gasteiger partial charge in [-0.15, -0.1) is 0 Å². The number of hydrogen-bond acceptors (Lipinski definition) is 8. The van der Waals surface area contributed by atoms with Gasteiger partial charge in [-0.2, -0.15) is 0 Å². The number of ether oxygens (including phenoxy) is 4. The Balaban J connectivity index is 4.19. The van der Waals surface area contributed by atoms with Crippen LogP contribution in [0.4, 0.5) is 0 Å². The van der Waals surface area contributed by atoms with Crippen molar-refractivity contribution in [3.05, 3.63) is 12.2 Å². The second-order valence-electron chi connectivity index (χ2n) is 18.8. The summed E-state index contributed by atoms with van der Waals surface area (Å²) in [6.07, 6.45) is 45.4. The topological polar surface area (TPSA) is 111 Å². The van der Waals surface area contributed by atoms with Crippen LogP contribution in [0.1, 0.15) is 245 Å². The van der Waals surface area contributed by atoms with Gasteiger partial charge in [-0.3, -0.25) is 9.59 Å². The van der Waals surface area contributed by atoms with Crippen LogP contribution in [0.2, 0.25) is 0 Å². The van der Waals surface area contributed by atoms with Crippen molar-refractivity contribution in [3.63, 3.8) is 0 Å². The Bertz CT molecular complexity index is 1010. The third kappa shape index (κ3) is 45.9. The molecule has 360 valence electrons. The molecule has 2 unspecified atom stereocenters. The Hall–Kier alpha value is -1.97. The summed E-state index contributed by atoms with van der Waals surface area (Å²) in [7, 11) is 5.92. The maximum Gasteiger partial charge on any atom is 0.306 e. The summed E-state index contributed by atoms with van der Waals surface area (Å²) in [6, 6.07) is 0. The van der Waals surface area contributed by atoms with E-state index in [9.17, 15) is 19.5 Å². The van der Waals surface area contributed by atoms with Gasteiger partial charge in [0.1, 0.15) is 13.2 Å². The number of aliphatic carboxylic acids is 1. The zero-order chi connectivity index (χ0) is 44.9. The Morgan fingerprint density at radius 3 is 1.21 bits per heavy atom. The molecule has 0 aromatic rings. The van der Waals surface area contributed by atoms with E-state index in [4.69, 9.17) is 18.9 Å². The molecule has 0 rings (SSSR count). The number of rotatable bonds is 48. The molecule has 0 aromatic carbocycles. The first-order chi connectivity index (χ1) is 29.6. The highest BCUT2D eigenvalue weighted by atomic mass is 16.7. The third-order valence-corrected chi connectivity index (χ3v) is 11.5. The highest BCUT2D eigenvalue weighted by molar-refractivity contribution is 5.70. The summed E-state index contributed by atoms with van der Waals surface area (Å²) in [5.74, 6) is -2.27. The van der Waals surface area contributed by atoms with E-state index in [1.165, 1.54) is 180 Å². The third-order valence-electron chi connectivity index (χ3n) is 11.5. The standard InChI is InChI=1S/C52H99NO8/c1-6-8-10-12-14-16-18-19-20-21-22-23-24-25-26-27-28-29-30-31-33-35-37-39-41-43-50(55)61-48(47-60-52(51(56)57)58-45-44-53(3,4)5)46-59-49(54)42-40-38-36-34-32-17-15-13-11-9-7-2/h21-22,48,52H,6-20,23-47H2,1-5H3/b22-21-. The van der Waals surface area contributed by atoms with Gasteiger partial charge in [0.05, 0.1) is 40.3 Å². The number of carboxylic acid groups (broad SMARTS) is 1. The van der Waals surface area contributed by atoms with Crippen LogP contribution in [0, 0.1) is 0 Å². The maximum absolute atomic E-state index is 12.8. The van der Waals surface area contributed by atoms with Gasteiger partial charge >= 0.3 is 11.9 Å². The summed E-state index contributed by atoms with van der Waals surface area (Å²) < 4.78 is 22.6. The number of nitrogens with zero attached hydrogens (tertiary/aromatic N) is 1. The normalized spacial score (nSPS) is 12.9. The van der Waals surface area contributed by atoms with E-state index in [0.717, 1.165) is 38.5 Å². The largest absolute Gasteiger partial charge is 0.545 e. The fourth-order valence-electron chi connectivity index (χ4n) is 7.47. The van der Waals surface area contributed by atoms with E-state index in [1.54, 1.807) is 0 Å². The molecule has 0 aliphatic heterocycles. The van der Waals surface area contributed by atoms with Crippen molar-refractivity contribution in [2.75, 3.05) is 47.5 Å². The van der Waals surface area contributed by atoms with Crippen LogP contribution in [-0.2, 0) is 33.3 Å². The zero-order valence-electron chi connectivity index (χ0n) is 40.8. The second-order valence-corrected chi connectivity index (χ2v) is 18.8. The summed E-state index contributed by atoms with van der Waals surface area (Å²) in [5, 5.41) is 11.7. The van der Waals surface area contributed by atoms with Gasteiger partial charge in [0.15, 0.2) is 12.4 Å². The number of quaternary nitrogens is 1. The van der Waals surface area contributed by atoms with Gasteiger partial charge in [-0.1, -0.05) is 206 Å². The molecular formula is C52H99NO8. The molecule has 61 heavy (non-hydrogen) atoms. The minimum atomic E-state index is -1.61. The predicted octanol–water partition coefficient (Wildman–Crippen LogP) is 12.9. The number of unbranched alkanes of at least 4 members (excludes halogenated alkanes) is 31. The zero-order valence-corrected chi connectivity index (χ0v) is 40.8. The van der Waals surface area contributed by atoms with E-state index in [-0.39, 0.29) is 32.2 Å². The van der Waals surface area contributed by atoms with E-state index < -0.39 is 24.3 Å². The second kappa shape index (κ2) is 44.6. The molecule has 0 bridgehead atoms. The van der Waals surface area contributed by atoms with Crippen molar-refractivity contribution < 1.29 is 42.9 Å². The maximum atomic E-state index is 12.8. The van der Waals surface area contributed by atoms with Crippen molar-refractivity contribution in [1.29, 1.82) is 0 Å². The Morgan fingerprint density at radius 1 is 0.475 bits per heavy atom. The SMILES string of the molecule is CCCCCCCCCC/C=C\CCCCCCCCCCCCCCCC(=O)OC(COC(=O)CCCCCCCCCCCCC)COC(OCC[N+](C)(C)C)C(=O)[O-]. The monoisotopic (exact) mass is 866 g/mol. The molecule has 0 fully saturated rings. The first-order valence-corrected chi connectivity index (χ1v) is 25.8. The average molecular weight is 866 g/mol. The molecule has 0 heterocycles. The smallest absolute Gasteiger partial charge is 0.306 e. The van der Waals surface area contributed by atoms with Crippen molar-refractivity contribution in [1.82, 2.24) is 0 Å². The number of likely N-dealkylation sites (N-methyl/N-ethyl adjacent to an activating group) is 1. The lowest BCUT2D eigenvalue weighted by Gasteiger charge is -2.26. The van der Waals surface area contributed by atoms with E-state index in [1.807, 2.05) is 21.1 Å². The van der Waals surface area contributed by atoms with Gasteiger partial charge < -0.3 is 33.3 Å². The van der Waals surface area contributed by atoms with Crippen LogP contribution in [0.3, 0.4) is 0 Å². The Morgan fingerprint density at radius 2 is 0.836 bits per heavy atom. The van der Waals surface area contributed by atoms with Crippen LogP contribution in [0.25, 0.3) is 0 Å². The van der Waals surface area contributed by atoms with E-state index in [0.29, 0.717) is 17.4 Å². The van der Waals surface area contributed by atoms with Crippen LogP contribution in [-0.4, -0.2) is 82.3 Å². The van der Waals surface area contributed by atoms with E-state index >= 15 is 0 Å². The highest BCUT2D eigenvalue weighted by Crippen LogP contribution is 2.16. The van der Waals surface area contributed by atoms with Crippen molar-refractivity contribution in [2.24, 2.45) is 0 Å². The fraction of sp³-hybridized carbons (Fsp3) is 0.904. The van der Waals surface area contributed by atoms with Gasteiger partial charge in [-0.05, 0) is 38.5 Å². The first-order valence-electron chi connectivity index (χ1n) is 25.8. The van der Waals surface area contributed by atoms with Crippen LogP contribution >= 0.6 is 0 Å². The molecule has 0 spiro atoms. The molecule has 2 atom stereocenters. The van der Waals surface area contributed by atoms with Crippen LogP contribution < -0.4 is 5.11 Å². The Kier molecular flexibility index (Phi) is 43.2. The number of carboxylic acids is 1. The van der Waals surface area contributed by atoms with Crippen molar-refractivity contribution >= 4 is 17.9 Å². The van der Waals surface area contributed by atoms with Gasteiger partial charge in [0.25, 0.3) is 0 Å². The summed E-state index contributed by atoms with van der Waals surface area (Å²) in [4.78, 5) is 37.0. The molecule has 0 amide bonds. The van der Waals surface area contributed by atoms with Crippen LogP contribution in [0.5, 0.6) is 0 Å². The highest BCUT2D eigenvalue weighted by Gasteiger charge is 2.22. The average Bonchev–Trinajstić information content (AvgIpc) is 3.22. The molecule has 0 saturated carbocycles. The molecule has 0 radical (unpaired) electrons. The lowest BCUT2D eigenvalue weighted by atomic mass is 10.0. The minimum absolute atomic E-state index is 0.151. The molecule has 0 aliphatic rings. The van der Waals surface area contributed by atoms with E-state index in [2.05, 4.69) is 26.0 Å². The number of esters is 2. The molecule has 0 saturated heterocycles. The number of carbonyl (C=O) groups excluding carboxylic acids is 3. The Labute approximate surface area is 376 Å². The van der Waals surface area contributed by atoms with Gasteiger partial charge in [-0.25, -0.2) is 0 Å². The molecule has 9 nitrogen and oxygen atoms in total. The predicted molar refractivity (Wildman–Crippen MR) is 251 cm³/mol. The quantitative estimate of drug-likeness (QED) is 0.0195. The summed E-state index contributed by atoms with van der Waals surface area (Å²) >= 11 is 0. The molecule has 9 heteroatoms. The van der Waals surface area contributed by atoms with Gasteiger partial charge in [0, 0.05) is 12.8 Å². The lowest BCUT2D eigenvalue weighted by molar-refractivity contribution is -0.870. The number of hydrogen-bond donors (Lipinski definition) is 0. The molecule has 0 aliphatic carbocycles. The summed E-state index contributed by atoms with van der Waals surface area (Å²) in [6.45, 7) is 4.76. The first kappa shape index (κ1) is 59.0. The fourth-order valence-corrected chi connectivity index (χ4v) is 7.47. The van der Waals surface area contributed by atoms with Crippen LogP contribution in [0.15, 0.2) is 12.2 Å². The molecule has 0 N–H and O–H groups in total. The molecular weight excluding hydrogens is 767 g/mol. The summed E-state index contributed by atoms with van der Waals surface area (Å²) in [5.41, 5.74) is 0. The number of allylic oxidation sites excluding steroid dienone is 2. The van der Waals surface area contributed by atoms with Gasteiger partial charge in [0.2, 0.25) is 0 Å².